The van der Waals surface area contributed by atoms with Crippen molar-refractivity contribution in [1.29, 1.82) is 0 Å². The van der Waals surface area contributed by atoms with Gasteiger partial charge in [0.2, 0.25) is 6.54 Å². The first-order valence-corrected chi connectivity index (χ1v) is 11.3. The van der Waals surface area contributed by atoms with Crippen LogP contribution < -0.4 is 9.47 Å². The van der Waals surface area contributed by atoms with E-state index in [-0.39, 0.29) is 0 Å². The Morgan fingerprint density at radius 1 is 0.839 bits per heavy atom. The van der Waals surface area contributed by atoms with Gasteiger partial charge in [0.05, 0.1) is 10.1 Å². The molecule has 3 aromatic rings. The summed E-state index contributed by atoms with van der Waals surface area (Å²) in [6, 6.07) is 22.2. The molecule has 0 bridgehead atoms. The third kappa shape index (κ3) is 9.64. The second kappa shape index (κ2) is 11.6. The average molecular weight is 433 g/mol. The zero-order valence-corrected chi connectivity index (χ0v) is 18.6. The topological polar surface area (TPSA) is 64.3 Å². The largest absolute Gasteiger partial charge is 0.748 e. The number of anilines is 1. The van der Waals surface area contributed by atoms with Crippen molar-refractivity contribution in [3.8, 4) is 23.7 Å². The van der Waals surface area contributed by atoms with E-state index in [1.165, 1.54) is 5.69 Å². The Hall–Kier alpha value is -3.58. The molecule has 0 aliphatic carbocycles. The van der Waals surface area contributed by atoms with Crippen LogP contribution in [0.15, 0.2) is 79.1 Å². The molecule has 0 fully saturated rings. The van der Waals surface area contributed by atoms with E-state index in [0.717, 1.165) is 16.7 Å². The summed E-state index contributed by atoms with van der Waals surface area (Å²) in [6.45, 7) is 0.647. The Kier molecular flexibility index (Phi) is 8.84. The van der Waals surface area contributed by atoms with Gasteiger partial charge in [-0.2, -0.15) is 4.57 Å². The minimum absolute atomic E-state index is 0.604. The molecule has 0 unspecified atom stereocenters. The van der Waals surface area contributed by atoms with Crippen molar-refractivity contribution in [2.75, 3.05) is 25.3 Å². The molecule has 2 aromatic carbocycles. The van der Waals surface area contributed by atoms with Crippen molar-refractivity contribution in [3.05, 3.63) is 95.8 Å². The SMILES string of the molecule is CN(C)c1cc[n+](CC#Cc2ccccc2C#Cc2ccccc2)cc1.CS(=O)(=O)[O-]. The normalized spacial score (nSPS) is 9.81. The molecule has 3 rings (SSSR count). The Bertz CT molecular complexity index is 1200. The van der Waals surface area contributed by atoms with Gasteiger partial charge >= 0.3 is 0 Å². The van der Waals surface area contributed by atoms with Crippen molar-refractivity contribution in [2.45, 2.75) is 6.54 Å². The molecule has 31 heavy (non-hydrogen) atoms. The van der Waals surface area contributed by atoms with Gasteiger partial charge < -0.3 is 9.45 Å². The maximum atomic E-state index is 9.08. The van der Waals surface area contributed by atoms with E-state index in [1.807, 2.05) is 81.1 Å². The summed E-state index contributed by atoms with van der Waals surface area (Å²) in [6.07, 6.45) is 4.70. The maximum absolute atomic E-state index is 9.08. The van der Waals surface area contributed by atoms with E-state index in [9.17, 15) is 0 Å². The predicted molar refractivity (Wildman–Crippen MR) is 122 cm³/mol. The Labute approximate surface area is 184 Å². The number of hydrogen-bond donors (Lipinski definition) is 0. The van der Waals surface area contributed by atoms with Gasteiger partial charge in [0.15, 0.2) is 12.4 Å². The molecule has 0 radical (unpaired) electrons. The van der Waals surface area contributed by atoms with Crippen LogP contribution in [0.3, 0.4) is 0 Å². The highest BCUT2D eigenvalue weighted by atomic mass is 32.2. The standard InChI is InChI=1S/C24H21N2.CH4O3S/c1-25(2)24-16-19-26(20-17-24)18-8-13-22-11-6-7-12-23(22)15-14-21-9-4-3-5-10-21;1-5(2,3)4/h3-7,9-12,16-17,19-20H,18H2,1-2H3;1H3,(H,2,3,4)/q+1;/p-1. The monoisotopic (exact) mass is 432 g/mol. The molecule has 158 valence electrons. The number of rotatable bonds is 2. The van der Waals surface area contributed by atoms with Gasteiger partial charge in [-0.1, -0.05) is 48.1 Å². The first kappa shape index (κ1) is 23.7. The molecule has 0 saturated heterocycles. The molecule has 0 saturated carbocycles. The summed E-state index contributed by atoms with van der Waals surface area (Å²) in [5.74, 6) is 12.9. The van der Waals surface area contributed by atoms with Crippen molar-refractivity contribution in [3.63, 3.8) is 0 Å². The van der Waals surface area contributed by atoms with Crippen LogP contribution in [0, 0.1) is 23.7 Å². The molecule has 0 aliphatic heterocycles. The van der Waals surface area contributed by atoms with Crippen LogP contribution in [0.5, 0.6) is 0 Å². The number of benzene rings is 2. The number of hydrogen-bond acceptors (Lipinski definition) is 4. The highest BCUT2D eigenvalue weighted by Gasteiger charge is 2.00. The van der Waals surface area contributed by atoms with Crippen molar-refractivity contribution >= 4 is 15.8 Å². The summed E-state index contributed by atoms with van der Waals surface area (Å²) in [5.41, 5.74) is 4.10. The molecule has 1 aromatic heterocycles. The quantitative estimate of drug-likeness (QED) is 0.355. The molecule has 5 nitrogen and oxygen atoms in total. The van der Waals surface area contributed by atoms with E-state index >= 15 is 0 Å². The van der Waals surface area contributed by atoms with E-state index < -0.39 is 10.1 Å². The smallest absolute Gasteiger partial charge is 0.209 e. The van der Waals surface area contributed by atoms with Crippen LogP contribution in [-0.2, 0) is 16.7 Å². The van der Waals surface area contributed by atoms with Gasteiger partial charge in [0.25, 0.3) is 0 Å². The van der Waals surface area contributed by atoms with Gasteiger partial charge in [0.1, 0.15) is 0 Å². The van der Waals surface area contributed by atoms with Gasteiger partial charge in [-0.15, -0.1) is 0 Å². The summed E-state index contributed by atoms with van der Waals surface area (Å²) < 4.78 is 29.3. The number of nitrogens with zero attached hydrogens (tertiary/aromatic N) is 2. The lowest BCUT2D eigenvalue weighted by atomic mass is 10.1. The van der Waals surface area contributed by atoms with Crippen molar-refractivity contribution < 1.29 is 17.5 Å². The van der Waals surface area contributed by atoms with Crippen LogP contribution in [0.2, 0.25) is 0 Å². The van der Waals surface area contributed by atoms with E-state index in [1.54, 1.807) is 0 Å². The molecule has 0 atom stereocenters. The second-order valence-corrected chi connectivity index (χ2v) is 8.20. The van der Waals surface area contributed by atoms with Crippen molar-refractivity contribution in [2.24, 2.45) is 0 Å². The summed E-state index contributed by atoms with van der Waals surface area (Å²) in [4.78, 5) is 2.08. The predicted octanol–water partition coefficient (Wildman–Crippen LogP) is 2.65. The first-order valence-electron chi connectivity index (χ1n) is 9.44. The number of aromatic nitrogens is 1. The summed E-state index contributed by atoms with van der Waals surface area (Å²) in [5, 5.41) is 0. The first-order chi connectivity index (χ1) is 14.7. The van der Waals surface area contributed by atoms with Crippen LogP contribution in [0.1, 0.15) is 16.7 Å². The molecule has 0 aliphatic rings. The highest BCUT2D eigenvalue weighted by molar-refractivity contribution is 7.84. The third-order valence-corrected chi connectivity index (χ3v) is 3.92. The van der Waals surface area contributed by atoms with Crippen molar-refractivity contribution in [1.82, 2.24) is 0 Å². The summed E-state index contributed by atoms with van der Waals surface area (Å²) in [7, 11) is 0.153. The van der Waals surface area contributed by atoms with E-state index in [4.69, 9.17) is 13.0 Å². The van der Waals surface area contributed by atoms with Crippen LogP contribution in [-0.4, -0.2) is 33.3 Å². The minimum Gasteiger partial charge on any atom is -0.748 e. The lowest BCUT2D eigenvalue weighted by Crippen LogP contribution is -2.32. The fraction of sp³-hybridized carbons (Fsp3) is 0.160. The molecule has 0 N–H and O–H groups in total. The van der Waals surface area contributed by atoms with Crippen LogP contribution in [0.4, 0.5) is 5.69 Å². The molecule has 0 spiro atoms. The lowest BCUT2D eigenvalue weighted by molar-refractivity contribution is -0.684. The maximum Gasteiger partial charge on any atom is 0.209 e. The van der Waals surface area contributed by atoms with Gasteiger partial charge in [0, 0.05) is 54.9 Å². The molecule has 6 heteroatoms. The Morgan fingerprint density at radius 3 is 1.90 bits per heavy atom. The van der Waals surface area contributed by atoms with Gasteiger partial charge in [-0.05, 0) is 30.2 Å². The average Bonchev–Trinajstić information content (AvgIpc) is 2.73. The molecular weight excluding hydrogens is 408 g/mol. The lowest BCUT2D eigenvalue weighted by Gasteiger charge is -2.09. The van der Waals surface area contributed by atoms with Crippen LogP contribution in [0.25, 0.3) is 0 Å². The van der Waals surface area contributed by atoms with Crippen LogP contribution >= 0.6 is 0 Å². The van der Waals surface area contributed by atoms with Gasteiger partial charge in [-0.3, -0.25) is 0 Å². The Balaban J connectivity index is 0.000000614. The zero-order valence-electron chi connectivity index (χ0n) is 17.7. The molecular formula is C25H24N2O3S. The van der Waals surface area contributed by atoms with Gasteiger partial charge in [-0.25, -0.2) is 8.42 Å². The fourth-order valence-corrected chi connectivity index (χ4v) is 2.44. The Morgan fingerprint density at radius 2 is 1.35 bits per heavy atom. The van der Waals surface area contributed by atoms with E-state index in [2.05, 4.69) is 45.3 Å². The summed E-state index contributed by atoms with van der Waals surface area (Å²) >= 11 is 0. The second-order valence-electron chi connectivity index (χ2n) is 6.79. The number of pyridine rings is 1. The minimum atomic E-state index is -3.92. The molecule has 1 heterocycles. The highest BCUT2D eigenvalue weighted by Crippen LogP contribution is 2.07. The fourth-order valence-electron chi connectivity index (χ4n) is 2.44. The van der Waals surface area contributed by atoms with E-state index in [0.29, 0.717) is 12.8 Å². The zero-order chi connectivity index (χ0) is 22.7. The molecule has 0 amide bonds. The third-order valence-electron chi connectivity index (χ3n) is 3.92.